The van der Waals surface area contributed by atoms with Crippen molar-refractivity contribution in [2.24, 2.45) is 0 Å². The maximum absolute atomic E-state index is 12.6. The molecule has 0 atom stereocenters. The molecule has 0 spiro atoms. The highest BCUT2D eigenvalue weighted by molar-refractivity contribution is 6.04. The van der Waals surface area contributed by atoms with Gasteiger partial charge in [-0.15, -0.1) is 0 Å². The van der Waals surface area contributed by atoms with Gasteiger partial charge in [0.15, 0.2) is 5.76 Å². The highest BCUT2D eigenvalue weighted by Gasteiger charge is 2.32. The monoisotopic (exact) mass is 302 g/mol. The Morgan fingerprint density at radius 3 is 2.59 bits per heavy atom. The molecule has 0 saturated carbocycles. The minimum absolute atomic E-state index is 0.0334. The highest BCUT2D eigenvalue weighted by Crippen LogP contribution is 2.28. The Bertz CT molecular complexity index is 523. The van der Waals surface area contributed by atoms with Gasteiger partial charge in [0.1, 0.15) is 6.61 Å². The molecule has 1 aliphatic rings. The first-order chi connectivity index (χ1) is 10.6. The van der Waals surface area contributed by atoms with E-state index in [2.05, 4.69) is 11.8 Å². The molecule has 0 N–H and O–H groups in total. The molecule has 120 valence electrons. The predicted molar refractivity (Wildman–Crippen MR) is 89.4 cm³/mol. The molecule has 22 heavy (non-hydrogen) atoms. The van der Waals surface area contributed by atoms with Gasteiger partial charge in [0.05, 0.1) is 6.54 Å². The average Bonchev–Trinajstić information content (AvgIpc) is 2.83. The second kappa shape index (κ2) is 7.99. The summed E-state index contributed by atoms with van der Waals surface area (Å²) in [4.78, 5) is 16.6. The lowest BCUT2D eigenvalue weighted by Crippen LogP contribution is -2.29. The summed E-state index contributed by atoms with van der Waals surface area (Å²) in [5.74, 6) is 0.565. The summed E-state index contributed by atoms with van der Waals surface area (Å²) in [5.41, 5.74) is 2.09. The SMILES string of the molecule is CCCCN1CC(c2ccccc2)=C(OCCN(C)C)C1=O. The molecule has 0 fully saturated rings. The zero-order valence-corrected chi connectivity index (χ0v) is 13.8. The standard InChI is InChI=1S/C18H26N2O2/c1-4-5-11-20-14-16(15-9-7-6-8-10-15)17(18(20)21)22-13-12-19(2)3/h6-10H,4-5,11-14H2,1-3H3. The van der Waals surface area contributed by atoms with Crippen molar-refractivity contribution in [2.45, 2.75) is 19.8 Å². The van der Waals surface area contributed by atoms with Crippen LogP contribution in [-0.2, 0) is 9.53 Å². The number of amides is 1. The first kappa shape index (κ1) is 16.6. The number of nitrogens with zero attached hydrogens (tertiary/aromatic N) is 2. The minimum atomic E-state index is 0.0334. The van der Waals surface area contributed by atoms with E-state index in [0.29, 0.717) is 18.9 Å². The maximum atomic E-state index is 12.6. The van der Waals surface area contributed by atoms with Crippen LogP contribution in [0.3, 0.4) is 0 Å². The number of carbonyl (C=O) groups excluding carboxylic acids is 1. The van der Waals surface area contributed by atoms with Gasteiger partial charge in [-0.1, -0.05) is 43.7 Å². The molecule has 1 amide bonds. The first-order valence-electron chi connectivity index (χ1n) is 7.98. The van der Waals surface area contributed by atoms with Crippen LogP contribution in [0.15, 0.2) is 36.1 Å². The van der Waals surface area contributed by atoms with E-state index in [1.54, 1.807) is 0 Å². The van der Waals surface area contributed by atoms with Crippen LogP contribution < -0.4 is 0 Å². The minimum Gasteiger partial charge on any atom is -0.486 e. The van der Waals surface area contributed by atoms with Gasteiger partial charge >= 0.3 is 0 Å². The van der Waals surface area contributed by atoms with Gasteiger partial charge in [-0.3, -0.25) is 4.79 Å². The van der Waals surface area contributed by atoms with Crippen LogP contribution >= 0.6 is 0 Å². The van der Waals surface area contributed by atoms with Crippen LogP contribution in [0.25, 0.3) is 5.57 Å². The normalized spacial score (nSPS) is 15.1. The van der Waals surface area contributed by atoms with Crippen molar-refractivity contribution in [3.63, 3.8) is 0 Å². The summed E-state index contributed by atoms with van der Waals surface area (Å²) in [6.45, 7) is 4.92. The lowest BCUT2D eigenvalue weighted by molar-refractivity contribution is -0.128. The molecule has 0 bridgehead atoms. The van der Waals surface area contributed by atoms with Gasteiger partial charge in [-0.05, 0) is 26.1 Å². The van der Waals surface area contributed by atoms with Crippen LogP contribution in [0.1, 0.15) is 25.3 Å². The number of ether oxygens (including phenoxy) is 1. The van der Waals surface area contributed by atoms with E-state index in [1.165, 1.54) is 0 Å². The zero-order valence-electron chi connectivity index (χ0n) is 13.8. The van der Waals surface area contributed by atoms with E-state index < -0.39 is 0 Å². The van der Waals surface area contributed by atoms with Gasteiger partial charge < -0.3 is 14.5 Å². The number of likely N-dealkylation sites (N-methyl/N-ethyl adjacent to an activating group) is 1. The molecule has 4 nitrogen and oxygen atoms in total. The van der Waals surface area contributed by atoms with Gasteiger partial charge in [0.25, 0.3) is 5.91 Å². The second-order valence-electron chi connectivity index (χ2n) is 5.91. The molecule has 0 aromatic heterocycles. The van der Waals surface area contributed by atoms with E-state index in [-0.39, 0.29) is 5.91 Å². The van der Waals surface area contributed by atoms with Gasteiger partial charge in [-0.25, -0.2) is 0 Å². The summed E-state index contributed by atoms with van der Waals surface area (Å²) in [6, 6.07) is 10.1. The molecular formula is C18H26N2O2. The molecule has 0 radical (unpaired) electrons. The Hall–Kier alpha value is -1.81. The number of hydrogen-bond acceptors (Lipinski definition) is 3. The van der Waals surface area contributed by atoms with Crippen LogP contribution in [0.5, 0.6) is 0 Å². The van der Waals surface area contributed by atoms with Crippen LogP contribution in [0.2, 0.25) is 0 Å². The Labute approximate surface area is 133 Å². The summed E-state index contributed by atoms with van der Waals surface area (Å²) >= 11 is 0. The lowest BCUT2D eigenvalue weighted by Gasteiger charge is -2.16. The van der Waals surface area contributed by atoms with Crippen LogP contribution in [-0.4, -0.2) is 56.0 Å². The molecule has 1 heterocycles. The van der Waals surface area contributed by atoms with Gasteiger partial charge in [0.2, 0.25) is 0 Å². The quantitative estimate of drug-likeness (QED) is 0.740. The highest BCUT2D eigenvalue weighted by atomic mass is 16.5. The molecule has 2 rings (SSSR count). The number of carbonyl (C=O) groups is 1. The zero-order chi connectivity index (χ0) is 15.9. The maximum Gasteiger partial charge on any atom is 0.289 e. The number of unbranched alkanes of at least 4 members (excludes halogenated alkanes) is 1. The summed E-state index contributed by atoms with van der Waals surface area (Å²) in [5, 5.41) is 0. The Balaban J connectivity index is 2.16. The summed E-state index contributed by atoms with van der Waals surface area (Å²) in [6.07, 6.45) is 2.11. The third kappa shape index (κ3) is 4.10. The van der Waals surface area contributed by atoms with Crippen LogP contribution in [0, 0.1) is 0 Å². The number of benzene rings is 1. The first-order valence-corrected chi connectivity index (χ1v) is 7.98. The summed E-state index contributed by atoms with van der Waals surface area (Å²) < 4.78 is 5.85. The van der Waals surface area contributed by atoms with Crippen molar-refractivity contribution >= 4 is 11.5 Å². The van der Waals surface area contributed by atoms with Crippen LogP contribution in [0.4, 0.5) is 0 Å². The number of hydrogen-bond donors (Lipinski definition) is 0. The predicted octanol–water partition coefficient (Wildman–Crippen LogP) is 2.62. The van der Waals surface area contributed by atoms with Gasteiger partial charge in [0, 0.05) is 18.7 Å². The fraction of sp³-hybridized carbons (Fsp3) is 0.500. The molecule has 1 aliphatic heterocycles. The van der Waals surface area contributed by atoms with E-state index in [1.807, 2.05) is 49.3 Å². The molecule has 4 heteroatoms. The van der Waals surface area contributed by atoms with Gasteiger partial charge in [-0.2, -0.15) is 0 Å². The molecule has 0 aliphatic carbocycles. The molecular weight excluding hydrogens is 276 g/mol. The van der Waals surface area contributed by atoms with Crippen molar-refractivity contribution in [1.82, 2.24) is 9.80 Å². The van der Waals surface area contributed by atoms with E-state index >= 15 is 0 Å². The Kier molecular flexibility index (Phi) is 6.01. The Morgan fingerprint density at radius 2 is 1.95 bits per heavy atom. The Morgan fingerprint density at radius 1 is 1.23 bits per heavy atom. The van der Waals surface area contributed by atoms with Crippen molar-refractivity contribution in [1.29, 1.82) is 0 Å². The van der Waals surface area contributed by atoms with Crippen molar-refractivity contribution in [3.8, 4) is 0 Å². The van der Waals surface area contributed by atoms with Crippen molar-refractivity contribution < 1.29 is 9.53 Å². The molecule has 0 unspecified atom stereocenters. The molecule has 1 aromatic carbocycles. The summed E-state index contributed by atoms with van der Waals surface area (Å²) in [7, 11) is 4.00. The van der Waals surface area contributed by atoms with Crippen molar-refractivity contribution in [3.05, 3.63) is 41.7 Å². The van der Waals surface area contributed by atoms with E-state index in [9.17, 15) is 4.79 Å². The fourth-order valence-corrected chi connectivity index (χ4v) is 2.48. The third-order valence-corrected chi connectivity index (χ3v) is 3.79. The fourth-order valence-electron chi connectivity index (χ4n) is 2.48. The van der Waals surface area contributed by atoms with Crippen molar-refractivity contribution in [2.75, 3.05) is 40.3 Å². The smallest absolute Gasteiger partial charge is 0.289 e. The second-order valence-corrected chi connectivity index (χ2v) is 5.91. The lowest BCUT2D eigenvalue weighted by atomic mass is 10.1. The van der Waals surface area contributed by atoms with E-state index in [0.717, 1.165) is 37.1 Å². The third-order valence-electron chi connectivity index (χ3n) is 3.79. The largest absolute Gasteiger partial charge is 0.486 e. The average molecular weight is 302 g/mol. The topological polar surface area (TPSA) is 32.8 Å². The van der Waals surface area contributed by atoms with E-state index in [4.69, 9.17) is 4.74 Å². The molecule has 1 aromatic rings. The molecule has 0 saturated heterocycles. The number of rotatable bonds is 8.